The molecule has 0 amide bonds. The van der Waals surface area contributed by atoms with Crippen molar-refractivity contribution < 1.29 is 0 Å². The fourth-order valence-corrected chi connectivity index (χ4v) is 2.58. The Morgan fingerprint density at radius 3 is 2.75 bits per heavy atom. The van der Waals surface area contributed by atoms with Crippen LogP contribution < -0.4 is 5.32 Å². The van der Waals surface area contributed by atoms with Gasteiger partial charge in [0, 0.05) is 17.8 Å². The zero-order chi connectivity index (χ0) is 11.6. The Bertz CT molecular complexity index is 371. The summed E-state index contributed by atoms with van der Waals surface area (Å²) in [5.74, 6) is 0.744. The summed E-state index contributed by atoms with van der Waals surface area (Å²) in [4.78, 5) is 0. The number of thiol groups is 1. The van der Waals surface area contributed by atoms with E-state index < -0.39 is 0 Å². The summed E-state index contributed by atoms with van der Waals surface area (Å²) in [5, 5.41) is 3.32. The van der Waals surface area contributed by atoms with Gasteiger partial charge < -0.3 is 5.32 Å². The monoisotopic (exact) mass is 235 g/mol. The first kappa shape index (κ1) is 12.0. The molecule has 0 spiro atoms. The van der Waals surface area contributed by atoms with Gasteiger partial charge in [0.1, 0.15) is 0 Å². The van der Waals surface area contributed by atoms with Gasteiger partial charge in [-0.1, -0.05) is 32.0 Å². The molecule has 1 nitrogen and oxygen atoms in total. The van der Waals surface area contributed by atoms with E-state index in [2.05, 4.69) is 50.0 Å². The van der Waals surface area contributed by atoms with Crippen LogP contribution in [-0.4, -0.2) is 12.4 Å². The molecule has 1 aliphatic carbocycles. The van der Waals surface area contributed by atoms with Crippen LogP contribution in [0.4, 0.5) is 0 Å². The molecule has 88 valence electrons. The van der Waals surface area contributed by atoms with E-state index in [1.807, 2.05) is 0 Å². The van der Waals surface area contributed by atoms with E-state index in [-0.39, 0.29) is 5.41 Å². The molecule has 2 rings (SSSR count). The molecule has 0 atom stereocenters. The van der Waals surface area contributed by atoms with E-state index in [4.69, 9.17) is 0 Å². The summed E-state index contributed by atoms with van der Waals surface area (Å²) in [6.45, 7) is 5.56. The van der Waals surface area contributed by atoms with Gasteiger partial charge in [0.25, 0.3) is 0 Å². The summed E-state index contributed by atoms with van der Waals surface area (Å²) < 4.78 is 0. The summed E-state index contributed by atoms with van der Waals surface area (Å²) in [6, 6.07) is 7.02. The lowest BCUT2D eigenvalue weighted by atomic mass is 9.83. The van der Waals surface area contributed by atoms with Gasteiger partial charge >= 0.3 is 0 Å². The fourth-order valence-electron chi connectivity index (χ4n) is 2.46. The maximum absolute atomic E-state index is 4.20. The first-order valence-electron chi connectivity index (χ1n) is 6.07. The van der Waals surface area contributed by atoms with Crippen LogP contribution in [0.2, 0.25) is 0 Å². The SMILES string of the molecule is CC(C)(CNCS)c1ccc2c(c1)CCC2. The highest BCUT2D eigenvalue weighted by atomic mass is 32.1. The van der Waals surface area contributed by atoms with Crippen LogP contribution in [0.15, 0.2) is 18.2 Å². The molecule has 1 aliphatic rings. The fraction of sp³-hybridized carbons (Fsp3) is 0.571. The predicted octanol–water partition coefficient (Wildman–Crippen LogP) is 2.93. The quantitative estimate of drug-likeness (QED) is 0.604. The minimum absolute atomic E-state index is 0.195. The van der Waals surface area contributed by atoms with Crippen molar-refractivity contribution in [2.24, 2.45) is 0 Å². The molecular formula is C14H21NS. The van der Waals surface area contributed by atoms with Gasteiger partial charge in [-0.05, 0) is 36.0 Å². The van der Waals surface area contributed by atoms with Crippen molar-refractivity contribution >= 4 is 12.6 Å². The van der Waals surface area contributed by atoms with Crippen LogP contribution in [-0.2, 0) is 18.3 Å². The number of benzene rings is 1. The molecule has 0 fully saturated rings. The molecule has 0 unspecified atom stereocenters. The second kappa shape index (κ2) is 4.80. The third kappa shape index (κ3) is 2.44. The maximum atomic E-state index is 4.20. The lowest BCUT2D eigenvalue weighted by Crippen LogP contribution is -2.32. The van der Waals surface area contributed by atoms with Crippen LogP contribution in [0.1, 0.15) is 37.0 Å². The van der Waals surface area contributed by atoms with Crippen molar-refractivity contribution in [3.8, 4) is 0 Å². The van der Waals surface area contributed by atoms with E-state index in [1.165, 1.54) is 24.8 Å². The third-order valence-corrected chi connectivity index (χ3v) is 3.78. The van der Waals surface area contributed by atoms with Gasteiger partial charge in [-0.15, -0.1) is 0 Å². The Morgan fingerprint density at radius 1 is 1.25 bits per heavy atom. The number of nitrogens with one attached hydrogen (secondary N) is 1. The molecule has 0 radical (unpaired) electrons. The molecule has 0 saturated heterocycles. The summed E-state index contributed by atoms with van der Waals surface area (Å²) >= 11 is 4.20. The van der Waals surface area contributed by atoms with Gasteiger partial charge in [0.15, 0.2) is 0 Å². The predicted molar refractivity (Wildman–Crippen MR) is 73.3 cm³/mol. The normalized spacial score (nSPS) is 15.2. The van der Waals surface area contributed by atoms with Gasteiger partial charge in [0.2, 0.25) is 0 Å². The molecule has 0 aromatic heterocycles. The average Bonchev–Trinajstić information content (AvgIpc) is 2.73. The van der Waals surface area contributed by atoms with Crippen molar-refractivity contribution in [2.45, 2.75) is 38.5 Å². The van der Waals surface area contributed by atoms with Crippen LogP contribution in [0.3, 0.4) is 0 Å². The number of rotatable bonds is 4. The van der Waals surface area contributed by atoms with E-state index in [0.717, 1.165) is 12.4 Å². The Morgan fingerprint density at radius 2 is 2.00 bits per heavy atom. The van der Waals surface area contributed by atoms with Crippen LogP contribution in [0.5, 0.6) is 0 Å². The molecule has 2 heteroatoms. The Labute approximate surface area is 104 Å². The molecule has 1 aromatic carbocycles. The molecule has 0 bridgehead atoms. The minimum Gasteiger partial charge on any atom is -0.307 e. The van der Waals surface area contributed by atoms with Crippen molar-refractivity contribution in [3.63, 3.8) is 0 Å². The summed E-state index contributed by atoms with van der Waals surface area (Å²) in [6.07, 6.45) is 3.86. The van der Waals surface area contributed by atoms with Crippen molar-refractivity contribution in [2.75, 3.05) is 12.4 Å². The standard InChI is InChI=1S/C14H21NS/c1-14(2,9-15-10-16)13-7-6-11-4-3-5-12(11)8-13/h6-8,15-16H,3-5,9-10H2,1-2H3. The van der Waals surface area contributed by atoms with Gasteiger partial charge in [-0.3, -0.25) is 0 Å². The van der Waals surface area contributed by atoms with E-state index in [9.17, 15) is 0 Å². The molecule has 0 aliphatic heterocycles. The number of fused-ring (bicyclic) bond motifs is 1. The lowest BCUT2D eigenvalue weighted by molar-refractivity contribution is 0.490. The first-order chi connectivity index (χ1) is 7.63. The lowest BCUT2D eigenvalue weighted by Gasteiger charge is -2.26. The Kier molecular flexibility index (Phi) is 3.60. The highest BCUT2D eigenvalue weighted by Gasteiger charge is 2.22. The molecule has 16 heavy (non-hydrogen) atoms. The van der Waals surface area contributed by atoms with Gasteiger partial charge in [0.05, 0.1) is 0 Å². The van der Waals surface area contributed by atoms with Gasteiger partial charge in [-0.25, -0.2) is 0 Å². The molecular weight excluding hydrogens is 214 g/mol. The third-order valence-electron chi connectivity index (χ3n) is 3.56. The molecule has 0 heterocycles. The Balaban J connectivity index is 2.20. The average molecular weight is 235 g/mol. The van der Waals surface area contributed by atoms with Crippen LogP contribution in [0, 0.1) is 0 Å². The molecule has 0 saturated carbocycles. The second-order valence-electron chi connectivity index (χ2n) is 5.31. The summed E-state index contributed by atoms with van der Waals surface area (Å²) in [7, 11) is 0. The van der Waals surface area contributed by atoms with Crippen molar-refractivity contribution in [1.29, 1.82) is 0 Å². The Hall–Kier alpha value is -0.470. The smallest absolute Gasteiger partial charge is 0.0387 e. The molecule has 1 N–H and O–H groups in total. The number of hydrogen-bond donors (Lipinski definition) is 2. The number of hydrogen-bond acceptors (Lipinski definition) is 2. The van der Waals surface area contributed by atoms with E-state index in [0.29, 0.717) is 0 Å². The van der Waals surface area contributed by atoms with E-state index in [1.54, 1.807) is 11.1 Å². The molecule has 1 aromatic rings. The first-order valence-corrected chi connectivity index (χ1v) is 6.70. The maximum Gasteiger partial charge on any atom is 0.0387 e. The van der Waals surface area contributed by atoms with Gasteiger partial charge in [-0.2, -0.15) is 12.6 Å². The van der Waals surface area contributed by atoms with Crippen molar-refractivity contribution in [1.82, 2.24) is 5.32 Å². The zero-order valence-electron chi connectivity index (χ0n) is 10.2. The van der Waals surface area contributed by atoms with Crippen molar-refractivity contribution in [3.05, 3.63) is 34.9 Å². The topological polar surface area (TPSA) is 12.0 Å². The highest BCUT2D eigenvalue weighted by Crippen LogP contribution is 2.29. The van der Waals surface area contributed by atoms with E-state index >= 15 is 0 Å². The minimum atomic E-state index is 0.195. The highest BCUT2D eigenvalue weighted by molar-refractivity contribution is 7.80. The summed E-state index contributed by atoms with van der Waals surface area (Å²) in [5.41, 5.74) is 4.76. The van der Waals surface area contributed by atoms with Crippen LogP contribution >= 0.6 is 12.6 Å². The zero-order valence-corrected chi connectivity index (χ0v) is 11.1. The second-order valence-corrected chi connectivity index (χ2v) is 5.62. The number of aryl methyl sites for hydroxylation is 2. The largest absolute Gasteiger partial charge is 0.307 e. The van der Waals surface area contributed by atoms with Crippen LogP contribution in [0.25, 0.3) is 0 Å².